The zero-order valence-corrected chi connectivity index (χ0v) is 13.7. The minimum atomic E-state index is -3.44. The molecule has 7 nitrogen and oxygen atoms in total. The van der Waals surface area contributed by atoms with E-state index >= 15 is 0 Å². The smallest absolute Gasteiger partial charge is 0.238 e. The summed E-state index contributed by atoms with van der Waals surface area (Å²) >= 11 is 0. The van der Waals surface area contributed by atoms with Crippen LogP contribution in [0.3, 0.4) is 0 Å². The molecule has 120 valence electrons. The maximum atomic E-state index is 12.3. The monoisotopic (exact) mass is 316 g/mol. The lowest BCUT2D eigenvalue weighted by molar-refractivity contribution is -0.123. The first-order valence-corrected chi connectivity index (χ1v) is 8.89. The van der Waals surface area contributed by atoms with Gasteiger partial charge in [-0.2, -0.15) is 0 Å². The minimum Gasteiger partial charge on any atom is -0.347 e. The van der Waals surface area contributed by atoms with Gasteiger partial charge in [0.25, 0.3) is 0 Å². The maximum absolute atomic E-state index is 12.3. The molecule has 0 aromatic carbocycles. The SMILES string of the molecule is CCC(NC(=O)C(CC(C)C)NS(C)(=O)=O)c1ncc[nH]1. The number of carbonyl (C=O) groups excluding carboxylic acids is 1. The molecule has 1 amide bonds. The average molecular weight is 316 g/mol. The van der Waals surface area contributed by atoms with Crippen molar-refractivity contribution >= 4 is 15.9 Å². The van der Waals surface area contributed by atoms with E-state index in [1.165, 1.54) is 0 Å². The van der Waals surface area contributed by atoms with Gasteiger partial charge in [0.05, 0.1) is 12.3 Å². The van der Waals surface area contributed by atoms with Crippen molar-refractivity contribution in [2.24, 2.45) is 5.92 Å². The van der Waals surface area contributed by atoms with Gasteiger partial charge < -0.3 is 10.3 Å². The lowest BCUT2D eigenvalue weighted by atomic mass is 10.0. The van der Waals surface area contributed by atoms with Gasteiger partial charge in [-0.25, -0.2) is 18.1 Å². The second-order valence-corrected chi connectivity index (χ2v) is 7.30. The Hall–Kier alpha value is -1.41. The molecule has 0 aliphatic carbocycles. The highest BCUT2D eigenvalue weighted by atomic mass is 32.2. The molecule has 0 radical (unpaired) electrons. The summed E-state index contributed by atoms with van der Waals surface area (Å²) in [4.78, 5) is 19.4. The highest BCUT2D eigenvalue weighted by Gasteiger charge is 2.25. The van der Waals surface area contributed by atoms with Crippen molar-refractivity contribution in [2.45, 2.75) is 45.7 Å². The Kier molecular flexibility index (Phi) is 6.35. The van der Waals surface area contributed by atoms with Crippen LogP contribution in [0.4, 0.5) is 0 Å². The van der Waals surface area contributed by atoms with E-state index in [2.05, 4.69) is 20.0 Å². The second kappa shape index (κ2) is 7.56. The fraction of sp³-hybridized carbons (Fsp3) is 0.692. The summed E-state index contributed by atoms with van der Waals surface area (Å²) < 4.78 is 25.2. The number of aromatic nitrogens is 2. The predicted molar refractivity (Wildman–Crippen MR) is 81.0 cm³/mol. The van der Waals surface area contributed by atoms with Crippen LogP contribution in [0.15, 0.2) is 12.4 Å². The molecule has 2 atom stereocenters. The van der Waals surface area contributed by atoms with Gasteiger partial charge in [0, 0.05) is 12.4 Å². The van der Waals surface area contributed by atoms with Gasteiger partial charge in [-0.3, -0.25) is 4.79 Å². The molecule has 0 bridgehead atoms. The number of aromatic amines is 1. The number of nitrogens with one attached hydrogen (secondary N) is 3. The maximum Gasteiger partial charge on any atom is 0.238 e. The number of rotatable bonds is 8. The molecule has 1 aromatic heterocycles. The zero-order valence-electron chi connectivity index (χ0n) is 12.9. The number of nitrogens with zero attached hydrogens (tertiary/aromatic N) is 1. The molecule has 21 heavy (non-hydrogen) atoms. The van der Waals surface area contributed by atoms with Crippen LogP contribution in [-0.4, -0.2) is 36.6 Å². The van der Waals surface area contributed by atoms with E-state index in [1.807, 2.05) is 20.8 Å². The minimum absolute atomic E-state index is 0.193. The van der Waals surface area contributed by atoms with Gasteiger partial charge in [0.15, 0.2) is 0 Å². The van der Waals surface area contributed by atoms with Crippen molar-refractivity contribution in [1.29, 1.82) is 0 Å². The van der Waals surface area contributed by atoms with Gasteiger partial charge in [-0.15, -0.1) is 0 Å². The fourth-order valence-corrected chi connectivity index (χ4v) is 2.76. The average Bonchev–Trinajstić information content (AvgIpc) is 2.86. The topological polar surface area (TPSA) is 104 Å². The van der Waals surface area contributed by atoms with Crippen LogP contribution >= 0.6 is 0 Å². The number of imidazole rings is 1. The lowest BCUT2D eigenvalue weighted by Crippen LogP contribution is -2.48. The Morgan fingerprint density at radius 1 is 1.43 bits per heavy atom. The van der Waals surface area contributed by atoms with Crippen LogP contribution < -0.4 is 10.0 Å². The first kappa shape index (κ1) is 17.6. The number of hydrogen-bond acceptors (Lipinski definition) is 4. The van der Waals surface area contributed by atoms with Gasteiger partial charge in [0.1, 0.15) is 11.9 Å². The second-order valence-electron chi connectivity index (χ2n) is 5.52. The summed E-state index contributed by atoms with van der Waals surface area (Å²) in [5.74, 6) is 0.518. The van der Waals surface area contributed by atoms with Crippen LogP contribution in [0.25, 0.3) is 0 Å². The highest BCUT2D eigenvalue weighted by molar-refractivity contribution is 7.88. The summed E-state index contributed by atoms with van der Waals surface area (Å²) in [7, 11) is -3.44. The molecule has 8 heteroatoms. The number of carbonyl (C=O) groups is 1. The van der Waals surface area contributed by atoms with Crippen LogP contribution in [0.5, 0.6) is 0 Å². The molecule has 3 N–H and O–H groups in total. The van der Waals surface area contributed by atoms with Crippen LogP contribution in [0, 0.1) is 5.92 Å². The summed E-state index contributed by atoms with van der Waals surface area (Å²) in [6.45, 7) is 5.80. The molecule has 0 saturated carbocycles. The molecule has 0 aliphatic heterocycles. The van der Waals surface area contributed by atoms with E-state index in [1.54, 1.807) is 12.4 Å². The summed E-state index contributed by atoms with van der Waals surface area (Å²) in [6, 6.07) is -1.03. The first-order valence-electron chi connectivity index (χ1n) is 6.99. The van der Waals surface area contributed by atoms with Crippen molar-refractivity contribution in [3.05, 3.63) is 18.2 Å². The molecule has 0 aliphatic rings. The zero-order chi connectivity index (χ0) is 16.0. The van der Waals surface area contributed by atoms with Crippen molar-refractivity contribution in [2.75, 3.05) is 6.26 Å². The molecule has 1 rings (SSSR count). The fourth-order valence-electron chi connectivity index (χ4n) is 2.04. The quantitative estimate of drug-likeness (QED) is 0.664. The van der Waals surface area contributed by atoms with E-state index in [-0.39, 0.29) is 17.9 Å². The van der Waals surface area contributed by atoms with Crippen molar-refractivity contribution in [1.82, 2.24) is 20.0 Å². The summed E-state index contributed by atoms with van der Waals surface area (Å²) in [5.41, 5.74) is 0. The summed E-state index contributed by atoms with van der Waals surface area (Å²) in [5, 5.41) is 2.84. The van der Waals surface area contributed by atoms with E-state index in [0.717, 1.165) is 6.26 Å². The Balaban J connectivity index is 2.79. The van der Waals surface area contributed by atoms with Crippen LogP contribution in [-0.2, 0) is 14.8 Å². The number of hydrogen-bond donors (Lipinski definition) is 3. The van der Waals surface area contributed by atoms with Gasteiger partial charge in [-0.1, -0.05) is 20.8 Å². The van der Waals surface area contributed by atoms with Crippen LogP contribution in [0.2, 0.25) is 0 Å². The lowest BCUT2D eigenvalue weighted by Gasteiger charge is -2.22. The molecular weight excluding hydrogens is 292 g/mol. The molecule has 1 heterocycles. The van der Waals surface area contributed by atoms with E-state index < -0.39 is 16.1 Å². The number of H-pyrrole nitrogens is 1. The highest BCUT2D eigenvalue weighted by Crippen LogP contribution is 2.13. The van der Waals surface area contributed by atoms with E-state index in [4.69, 9.17) is 0 Å². The Morgan fingerprint density at radius 3 is 2.52 bits per heavy atom. The molecule has 1 aromatic rings. The Bertz CT molecular complexity index is 540. The molecule has 0 spiro atoms. The Morgan fingerprint density at radius 2 is 2.10 bits per heavy atom. The molecule has 2 unspecified atom stereocenters. The van der Waals surface area contributed by atoms with E-state index in [0.29, 0.717) is 18.7 Å². The number of amides is 1. The largest absolute Gasteiger partial charge is 0.347 e. The number of sulfonamides is 1. The standard InChI is InChI=1S/C13H24N4O3S/c1-5-10(12-14-6-7-15-12)16-13(18)11(8-9(2)3)17-21(4,19)20/h6-7,9-11,17H,5,8H2,1-4H3,(H,14,15)(H,16,18). The predicted octanol–water partition coefficient (Wildman–Crippen LogP) is 0.941. The van der Waals surface area contributed by atoms with Gasteiger partial charge in [-0.05, 0) is 18.8 Å². The van der Waals surface area contributed by atoms with Gasteiger partial charge >= 0.3 is 0 Å². The molecule has 0 saturated heterocycles. The third-order valence-electron chi connectivity index (χ3n) is 2.95. The van der Waals surface area contributed by atoms with Crippen molar-refractivity contribution in [3.63, 3.8) is 0 Å². The molecular formula is C13H24N4O3S. The van der Waals surface area contributed by atoms with Crippen LogP contribution in [0.1, 0.15) is 45.5 Å². The Labute approximate surface area is 126 Å². The normalized spacial score (nSPS) is 14.9. The van der Waals surface area contributed by atoms with Crippen molar-refractivity contribution < 1.29 is 13.2 Å². The van der Waals surface area contributed by atoms with Crippen molar-refractivity contribution in [3.8, 4) is 0 Å². The molecule has 0 fully saturated rings. The third-order valence-corrected chi connectivity index (χ3v) is 3.67. The van der Waals surface area contributed by atoms with Gasteiger partial charge in [0.2, 0.25) is 15.9 Å². The third kappa shape index (κ3) is 6.26. The summed E-state index contributed by atoms with van der Waals surface area (Å²) in [6.07, 6.45) is 5.45. The first-order chi connectivity index (χ1) is 9.73. The van der Waals surface area contributed by atoms with E-state index in [9.17, 15) is 13.2 Å².